The molecule has 0 fully saturated rings. The molecule has 1 aromatic carbocycles. The van der Waals surface area contributed by atoms with Crippen LogP contribution in [0.25, 0.3) is 0 Å². The zero-order valence-corrected chi connectivity index (χ0v) is 11.0. The van der Waals surface area contributed by atoms with E-state index in [1.54, 1.807) is 6.07 Å². The maximum Gasteiger partial charge on any atom is 0.338 e. The Morgan fingerprint density at radius 1 is 1.40 bits per heavy atom. The van der Waals surface area contributed by atoms with Crippen LogP contribution in [-0.4, -0.2) is 12.6 Å². The van der Waals surface area contributed by atoms with Crippen molar-refractivity contribution in [2.24, 2.45) is 0 Å². The summed E-state index contributed by atoms with van der Waals surface area (Å²) in [4.78, 5) is 11.5. The Morgan fingerprint density at radius 2 is 2.20 bits per heavy atom. The fourth-order valence-corrected chi connectivity index (χ4v) is 1.76. The lowest BCUT2D eigenvalue weighted by Crippen LogP contribution is -2.06. The molecule has 2 nitrogen and oxygen atoms in total. The van der Waals surface area contributed by atoms with Crippen LogP contribution in [0.3, 0.4) is 0 Å². The van der Waals surface area contributed by atoms with Crippen LogP contribution < -0.4 is 0 Å². The first kappa shape index (κ1) is 12.5. The van der Waals surface area contributed by atoms with E-state index in [2.05, 4.69) is 29.5 Å². The lowest BCUT2D eigenvalue weighted by atomic mass is 10.2. The second kappa shape index (κ2) is 6.82. The Hall–Kier alpha value is -0.580. The summed E-state index contributed by atoms with van der Waals surface area (Å²) in [5, 5.41) is 0. The first-order valence-corrected chi connectivity index (χ1v) is 6.24. The molecule has 3 heteroatoms. The quantitative estimate of drug-likeness (QED) is 0.471. The Kier molecular flexibility index (Phi) is 5.68. The fraction of sp³-hybridized carbons (Fsp3) is 0.417. The molecule has 0 saturated carbocycles. The first-order valence-electron chi connectivity index (χ1n) is 5.16. The fourth-order valence-electron chi connectivity index (χ4n) is 1.22. The minimum atomic E-state index is -0.218. The maximum absolute atomic E-state index is 11.5. The van der Waals surface area contributed by atoms with E-state index in [1.165, 1.54) is 0 Å². The number of hydrogen-bond donors (Lipinski definition) is 0. The van der Waals surface area contributed by atoms with Gasteiger partial charge in [0.25, 0.3) is 0 Å². The second-order valence-electron chi connectivity index (χ2n) is 3.35. The van der Waals surface area contributed by atoms with Gasteiger partial charge in [-0.1, -0.05) is 25.8 Å². The summed E-state index contributed by atoms with van der Waals surface area (Å²) in [5.74, 6) is -0.218. The molecule has 0 saturated heterocycles. The molecule has 0 amide bonds. The van der Waals surface area contributed by atoms with E-state index in [4.69, 9.17) is 4.74 Å². The Morgan fingerprint density at radius 3 is 2.87 bits per heavy atom. The Balaban J connectivity index is 2.40. The summed E-state index contributed by atoms with van der Waals surface area (Å²) < 4.78 is 6.19. The van der Waals surface area contributed by atoms with Gasteiger partial charge >= 0.3 is 5.97 Å². The van der Waals surface area contributed by atoms with Gasteiger partial charge in [0.2, 0.25) is 0 Å². The van der Waals surface area contributed by atoms with Gasteiger partial charge in [-0.2, -0.15) is 0 Å². The van der Waals surface area contributed by atoms with Crippen LogP contribution in [0.4, 0.5) is 0 Å². The Labute approximate surface area is 104 Å². The van der Waals surface area contributed by atoms with Crippen LogP contribution in [0.1, 0.15) is 36.5 Å². The van der Waals surface area contributed by atoms with Gasteiger partial charge in [0.05, 0.1) is 12.2 Å². The summed E-state index contributed by atoms with van der Waals surface area (Å²) in [5.41, 5.74) is 0.637. The van der Waals surface area contributed by atoms with Crippen molar-refractivity contribution in [3.8, 4) is 0 Å². The molecular formula is C12H15IO2. The lowest BCUT2D eigenvalue weighted by molar-refractivity contribution is 0.0498. The summed E-state index contributed by atoms with van der Waals surface area (Å²) in [6.07, 6.45) is 3.20. The molecule has 0 spiro atoms. The maximum atomic E-state index is 11.5. The third-order valence-electron chi connectivity index (χ3n) is 2.04. The molecule has 15 heavy (non-hydrogen) atoms. The van der Waals surface area contributed by atoms with Crippen molar-refractivity contribution in [1.29, 1.82) is 0 Å². The molecule has 0 bridgehead atoms. The van der Waals surface area contributed by atoms with Crippen molar-refractivity contribution in [2.45, 2.75) is 26.2 Å². The molecule has 0 N–H and O–H groups in total. The first-order chi connectivity index (χ1) is 7.24. The van der Waals surface area contributed by atoms with Crippen molar-refractivity contribution in [2.75, 3.05) is 6.61 Å². The van der Waals surface area contributed by atoms with Gasteiger partial charge in [0.15, 0.2) is 0 Å². The van der Waals surface area contributed by atoms with Crippen LogP contribution in [-0.2, 0) is 4.74 Å². The highest BCUT2D eigenvalue weighted by Gasteiger charge is 2.06. The number of hydrogen-bond acceptors (Lipinski definition) is 2. The van der Waals surface area contributed by atoms with Crippen molar-refractivity contribution in [3.05, 3.63) is 33.4 Å². The predicted molar refractivity (Wildman–Crippen MR) is 69.0 cm³/mol. The number of esters is 1. The van der Waals surface area contributed by atoms with E-state index in [0.29, 0.717) is 12.2 Å². The van der Waals surface area contributed by atoms with E-state index in [1.807, 2.05) is 18.2 Å². The summed E-state index contributed by atoms with van der Waals surface area (Å²) >= 11 is 2.18. The largest absolute Gasteiger partial charge is 0.462 e. The van der Waals surface area contributed by atoms with Crippen molar-refractivity contribution in [1.82, 2.24) is 0 Å². The highest BCUT2D eigenvalue weighted by atomic mass is 127. The number of carbonyl (C=O) groups excluding carboxylic acids is 1. The van der Waals surface area contributed by atoms with E-state index in [-0.39, 0.29) is 5.97 Å². The highest BCUT2D eigenvalue weighted by Crippen LogP contribution is 2.09. The third kappa shape index (κ3) is 4.64. The molecular weight excluding hydrogens is 303 g/mol. The predicted octanol–water partition coefficient (Wildman–Crippen LogP) is 3.64. The van der Waals surface area contributed by atoms with Gasteiger partial charge in [-0.15, -0.1) is 0 Å². The molecule has 1 rings (SSSR count). The molecule has 0 aliphatic carbocycles. The number of ether oxygens (including phenoxy) is 1. The van der Waals surface area contributed by atoms with Crippen molar-refractivity contribution in [3.63, 3.8) is 0 Å². The van der Waals surface area contributed by atoms with E-state index >= 15 is 0 Å². The number of benzene rings is 1. The minimum Gasteiger partial charge on any atom is -0.462 e. The normalized spacial score (nSPS) is 10.0. The zero-order chi connectivity index (χ0) is 11.1. The molecule has 0 unspecified atom stereocenters. The van der Waals surface area contributed by atoms with Crippen LogP contribution in [0, 0.1) is 3.57 Å². The van der Waals surface area contributed by atoms with Gasteiger partial charge < -0.3 is 4.74 Å². The molecule has 82 valence electrons. The van der Waals surface area contributed by atoms with Crippen LogP contribution in [0.2, 0.25) is 0 Å². The smallest absolute Gasteiger partial charge is 0.338 e. The summed E-state index contributed by atoms with van der Waals surface area (Å²) in [7, 11) is 0. The van der Waals surface area contributed by atoms with Gasteiger partial charge in [-0.3, -0.25) is 0 Å². The molecule has 0 aliphatic heterocycles. The number of carbonyl (C=O) groups is 1. The minimum absolute atomic E-state index is 0.218. The molecule has 0 aromatic heterocycles. The lowest BCUT2D eigenvalue weighted by Gasteiger charge is -2.04. The van der Waals surface area contributed by atoms with Gasteiger partial charge in [0, 0.05) is 3.57 Å². The van der Waals surface area contributed by atoms with E-state index in [0.717, 1.165) is 22.8 Å². The SMILES string of the molecule is CCCCCOC(=O)c1cccc(I)c1. The second-order valence-corrected chi connectivity index (χ2v) is 4.60. The topological polar surface area (TPSA) is 26.3 Å². The van der Waals surface area contributed by atoms with Crippen molar-refractivity contribution < 1.29 is 9.53 Å². The Bertz CT molecular complexity index is 323. The van der Waals surface area contributed by atoms with Gasteiger partial charge in [0.1, 0.15) is 0 Å². The standard InChI is InChI=1S/C12H15IO2/c1-2-3-4-8-15-12(14)10-6-5-7-11(13)9-10/h5-7,9H,2-4,8H2,1H3. The highest BCUT2D eigenvalue weighted by molar-refractivity contribution is 14.1. The molecule has 0 aliphatic rings. The van der Waals surface area contributed by atoms with E-state index in [9.17, 15) is 4.79 Å². The summed E-state index contributed by atoms with van der Waals surface area (Å²) in [6, 6.07) is 7.44. The molecule has 0 atom stereocenters. The zero-order valence-electron chi connectivity index (χ0n) is 8.83. The average molecular weight is 318 g/mol. The molecule has 0 radical (unpaired) electrons. The van der Waals surface area contributed by atoms with E-state index < -0.39 is 0 Å². The van der Waals surface area contributed by atoms with Gasteiger partial charge in [-0.05, 0) is 47.2 Å². The van der Waals surface area contributed by atoms with Gasteiger partial charge in [-0.25, -0.2) is 4.79 Å². The average Bonchev–Trinajstić information content (AvgIpc) is 2.24. The van der Waals surface area contributed by atoms with Crippen LogP contribution >= 0.6 is 22.6 Å². The summed E-state index contributed by atoms with van der Waals surface area (Å²) in [6.45, 7) is 2.65. The van der Waals surface area contributed by atoms with Crippen LogP contribution in [0.5, 0.6) is 0 Å². The van der Waals surface area contributed by atoms with Crippen molar-refractivity contribution >= 4 is 28.6 Å². The number of unbranched alkanes of at least 4 members (excludes halogenated alkanes) is 2. The monoisotopic (exact) mass is 318 g/mol. The van der Waals surface area contributed by atoms with Crippen LogP contribution in [0.15, 0.2) is 24.3 Å². The third-order valence-corrected chi connectivity index (χ3v) is 2.71. The number of halogens is 1. The molecule has 0 heterocycles. The number of rotatable bonds is 5. The molecule has 1 aromatic rings.